The van der Waals surface area contributed by atoms with E-state index in [0.717, 1.165) is 140 Å². The van der Waals surface area contributed by atoms with Crippen molar-refractivity contribution in [3.63, 3.8) is 0 Å². The van der Waals surface area contributed by atoms with Gasteiger partial charge in [-0.25, -0.2) is 0 Å². The first-order chi connectivity index (χ1) is 27.6. The van der Waals surface area contributed by atoms with Crippen molar-refractivity contribution in [2.75, 3.05) is 52.4 Å². The number of fused-ring (bicyclic) bond motifs is 4. The molecule has 7 rings (SSSR count). The second-order valence-electron chi connectivity index (χ2n) is 15.7. The minimum Gasteiger partial charge on any atom is -0.412 e. The summed E-state index contributed by atoms with van der Waals surface area (Å²) in [6.07, 6.45) is 4.48. The summed E-state index contributed by atoms with van der Waals surface area (Å²) < 4.78 is 0. The van der Waals surface area contributed by atoms with E-state index in [-0.39, 0.29) is 119 Å². The molecule has 2 aliphatic rings. The lowest BCUT2D eigenvalue weighted by Gasteiger charge is -2.25. The van der Waals surface area contributed by atoms with Crippen molar-refractivity contribution in [3.05, 3.63) is 165 Å². The lowest BCUT2D eigenvalue weighted by molar-refractivity contribution is 0.256. The Kier molecular flexibility index (Phi) is 36.0. The SMILES string of the molecule is Br.Br.Br.Br.Br.Br.Cc1ccc(C(c2ccc(CN3CCCNCc4cccc(n4)CNCCC3)cc2)c2ccc(CN3CCCNCc4cccc(n4)CNCCC3)cc2)cc1.O.O. The zero-order chi connectivity index (χ0) is 38.2. The van der Waals surface area contributed by atoms with Crippen LogP contribution < -0.4 is 21.3 Å². The maximum Gasteiger partial charge on any atom is 0.0545 e. The third-order valence-electron chi connectivity index (χ3n) is 11.1. The summed E-state index contributed by atoms with van der Waals surface area (Å²) >= 11 is 0. The highest BCUT2D eigenvalue weighted by molar-refractivity contribution is 8.93. The number of nitrogens with one attached hydrogen (secondary N) is 4. The van der Waals surface area contributed by atoms with E-state index < -0.39 is 0 Å². The number of aryl methyl sites for hydroxylation is 1. The Morgan fingerprint density at radius 2 is 0.703 bits per heavy atom. The average molecular weight is 1270 g/mol. The van der Waals surface area contributed by atoms with E-state index in [1.54, 1.807) is 0 Å². The molecule has 5 aromatic rings. The molecule has 10 nitrogen and oxygen atoms in total. The van der Waals surface area contributed by atoms with Gasteiger partial charge >= 0.3 is 0 Å². The first-order valence-electron chi connectivity index (χ1n) is 21.1. The Balaban J connectivity index is 0. The quantitative estimate of drug-likeness (QED) is 0.119. The topological polar surface area (TPSA) is 143 Å². The standard InChI is InChI=1S/C48H62N8.6BrH.2H2O/c1-38-12-18-41(19-13-38)48(42-20-14-39(15-21-42)36-55-28-4-24-49-32-44-8-2-9-45(53-44)33-50-25-5-29-55)43-22-16-40(17-23-43)37-56-30-6-26-51-34-46-10-3-11-47(54-46)35-52-27-7-31-56;;;;;;;;/h2-3,8-23,48-52H,4-7,24-37H2,1H3;6*1H;2*1H2. The van der Waals surface area contributed by atoms with E-state index in [0.29, 0.717) is 0 Å². The molecule has 16 heteroatoms. The van der Waals surface area contributed by atoms with Gasteiger partial charge in [-0.05, 0) is 137 Å². The van der Waals surface area contributed by atoms with Crippen LogP contribution in [0.25, 0.3) is 0 Å². The summed E-state index contributed by atoms with van der Waals surface area (Å²) in [5.74, 6) is 0.181. The van der Waals surface area contributed by atoms with Crippen LogP contribution in [0, 0.1) is 6.92 Å². The molecule has 2 aromatic heterocycles. The molecule has 0 saturated heterocycles. The molecule has 0 aliphatic carbocycles. The summed E-state index contributed by atoms with van der Waals surface area (Å²) in [6, 6.07) is 40.8. The molecule has 64 heavy (non-hydrogen) atoms. The van der Waals surface area contributed by atoms with Crippen LogP contribution in [0.4, 0.5) is 0 Å². The molecule has 0 unspecified atom stereocenters. The monoisotopic (exact) mass is 1270 g/mol. The molecule has 0 atom stereocenters. The first-order valence-corrected chi connectivity index (χ1v) is 21.1. The Hall–Kier alpha value is -1.48. The van der Waals surface area contributed by atoms with E-state index in [4.69, 9.17) is 9.97 Å². The van der Waals surface area contributed by atoms with Gasteiger partial charge < -0.3 is 32.2 Å². The normalized spacial score (nSPS) is 15.3. The fourth-order valence-corrected chi connectivity index (χ4v) is 8.05. The predicted octanol–water partition coefficient (Wildman–Crippen LogP) is 8.73. The summed E-state index contributed by atoms with van der Waals surface area (Å²) in [7, 11) is 0. The van der Waals surface area contributed by atoms with Crippen molar-refractivity contribution in [1.29, 1.82) is 0 Å². The summed E-state index contributed by atoms with van der Waals surface area (Å²) in [5, 5.41) is 14.4. The number of rotatable bonds is 7. The van der Waals surface area contributed by atoms with E-state index in [2.05, 4.69) is 147 Å². The minimum atomic E-state index is 0. The second kappa shape index (κ2) is 35.6. The fourth-order valence-electron chi connectivity index (χ4n) is 8.05. The number of aromatic nitrogens is 2. The molecule has 358 valence electrons. The van der Waals surface area contributed by atoms with Crippen LogP contribution in [0.15, 0.2) is 109 Å². The molecule has 4 heterocycles. The van der Waals surface area contributed by atoms with Gasteiger partial charge in [-0.15, -0.1) is 102 Å². The van der Waals surface area contributed by atoms with E-state index in [9.17, 15) is 0 Å². The van der Waals surface area contributed by atoms with Gasteiger partial charge in [0.05, 0.1) is 22.8 Å². The molecular weight excluding hydrogens is 1200 g/mol. The molecule has 3 aromatic carbocycles. The Morgan fingerprint density at radius 1 is 0.422 bits per heavy atom. The van der Waals surface area contributed by atoms with Gasteiger partial charge in [0.25, 0.3) is 0 Å². The molecule has 0 radical (unpaired) electrons. The highest BCUT2D eigenvalue weighted by Crippen LogP contribution is 2.33. The van der Waals surface area contributed by atoms with Crippen molar-refractivity contribution in [1.82, 2.24) is 41.0 Å². The Morgan fingerprint density at radius 3 is 1.00 bits per heavy atom. The van der Waals surface area contributed by atoms with Crippen molar-refractivity contribution in [2.45, 2.75) is 77.8 Å². The number of hydrogen-bond donors (Lipinski definition) is 4. The third-order valence-corrected chi connectivity index (χ3v) is 11.1. The van der Waals surface area contributed by atoms with Crippen LogP contribution in [0.1, 0.15) is 87.8 Å². The molecule has 4 bridgehead atoms. The molecule has 0 fully saturated rings. The van der Waals surface area contributed by atoms with Gasteiger partial charge in [-0.1, -0.05) is 90.5 Å². The zero-order valence-corrected chi connectivity index (χ0v) is 47.2. The Bertz CT molecular complexity index is 1760. The maximum absolute atomic E-state index is 4.80. The van der Waals surface area contributed by atoms with Crippen LogP contribution in [-0.2, 0) is 39.3 Å². The number of hydrogen-bond acceptors (Lipinski definition) is 8. The smallest absolute Gasteiger partial charge is 0.0545 e. The van der Waals surface area contributed by atoms with Gasteiger partial charge in [0.2, 0.25) is 0 Å². The lowest BCUT2D eigenvalue weighted by Crippen LogP contribution is -2.30. The Labute approximate surface area is 445 Å². The van der Waals surface area contributed by atoms with Gasteiger partial charge in [-0.2, -0.15) is 0 Å². The van der Waals surface area contributed by atoms with Crippen LogP contribution in [-0.4, -0.2) is 83.1 Å². The molecule has 0 saturated carbocycles. The van der Waals surface area contributed by atoms with Crippen LogP contribution >= 0.6 is 102 Å². The fraction of sp³-hybridized carbons (Fsp3) is 0.417. The highest BCUT2D eigenvalue weighted by Gasteiger charge is 2.18. The van der Waals surface area contributed by atoms with Crippen molar-refractivity contribution >= 4 is 102 Å². The second-order valence-corrected chi connectivity index (χ2v) is 15.7. The van der Waals surface area contributed by atoms with E-state index in [1.807, 2.05) is 0 Å². The van der Waals surface area contributed by atoms with Gasteiger partial charge in [0.1, 0.15) is 0 Å². The number of benzene rings is 3. The van der Waals surface area contributed by atoms with Crippen molar-refractivity contribution in [2.24, 2.45) is 0 Å². The lowest BCUT2D eigenvalue weighted by atomic mass is 9.84. The van der Waals surface area contributed by atoms with E-state index in [1.165, 1.54) is 33.4 Å². The van der Waals surface area contributed by atoms with E-state index >= 15 is 0 Å². The zero-order valence-electron chi connectivity index (χ0n) is 36.9. The molecule has 0 spiro atoms. The third kappa shape index (κ3) is 21.2. The first kappa shape index (κ1) is 64.6. The van der Waals surface area contributed by atoms with Crippen LogP contribution in [0.3, 0.4) is 0 Å². The highest BCUT2D eigenvalue weighted by atomic mass is 79.9. The van der Waals surface area contributed by atoms with Crippen LogP contribution in [0.2, 0.25) is 0 Å². The summed E-state index contributed by atoms with van der Waals surface area (Å²) in [6.45, 7) is 15.7. The van der Waals surface area contributed by atoms with Crippen molar-refractivity contribution in [3.8, 4) is 0 Å². The van der Waals surface area contributed by atoms with Crippen molar-refractivity contribution < 1.29 is 11.0 Å². The summed E-state index contributed by atoms with van der Waals surface area (Å²) in [5.41, 5.74) is 12.5. The number of halogens is 6. The maximum atomic E-state index is 4.80. The number of pyridine rings is 2. The largest absolute Gasteiger partial charge is 0.412 e. The van der Waals surface area contributed by atoms with Crippen LogP contribution in [0.5, 0.6) is 0 Å². The molecule has 2 aliphatic heterocycles. The number of nitrogens with zero attached hydrogens (tertiary/aromatic N) is 4. The summed E-state index contributed by atoms with van der Waals surface area (Å²) in [4.78, 5) is 14.8. The molecular formula is C48H72Br6N8O2. The van der Waals surface area contributed by atoms with Gasteiger partial charge in [-0.3, -0.25) is 19.8 Å². The molecule has 8 N–H and O–H groups in total. The van der Waals surface area contributed by atoms with Gasteiger partial charge in [0.15, 0.2) is 0 Å². The molecule has 0 amide bonds. The minimum absolute atomic E-state index is 0. The van der Waals surface area contributed by atoms with Gasteiger partial charge in [0, 0.05) is 45.2 Å². The predicted molar refractivity (Wildman–Crippen MR) is 298 cm³/mol. The average Bonchev–Trinajstić information content (AvgIpc) is 3.22.